The summed E-state index contributed by atoms with van der Waals surface area (Å²) in [6.07, 6.45) is 0. The predicted octanol–water partition coefficient (Wildman–Crippen LogP) is 14.6. The second-order valence-corrected chi connectivity index (χ2v) is 14.9. The zero-order valence-corrected chi connectivity index (χ0v) is 29.6. The molecule has 0 saturated carbocycles. The molecule has 2 aromatic heterocycles. The highest BCUT2D eigenvalue weighted by molar-refractivity contribution is 7.25. The fraction of sp³-hybridized carbons (Fsp3) is 0. The Bertz CT molecular complexity index is 3170. The van der Waals surface area contributed by atoms with Crippen molar-refractivity contribution in [3.8, 4) is 16.8 Å². The van der Waals surface area contributed by atoms with Gasteiger partial charge in [-0.05, 0) is 105 Å². The molecule has 0 fully saturated rings. The van der Waals surface area contributed by atoms with Crippen molar-refractivity contribution >= 4 is 91.9 Å². The second-order valence-electron chi connectivity index (χ2n) is 13.8. The first kappa shape index (κ1) is 30.0. The summed E-state index contributed by atoms with van der Waals surface area (Å²) in [5, 5.41) is 10.1. The quantitative estimate of drug-likeness (QED) is 0.174. The Morgan fingerprint density at radius 2 is 1.00 bits per heavy atom. The van der Waals surface area contributed by atoms with Crippen LogP contribution in [0.15, 0.2) is 194 Å². The fourth-order valence-electron chi connectivity index (χ4n) is 8.25. The van der Waals surface area contributed by atoms with Gasteiger partial charge in [-0.15, -0.1) is 11.3 Å². The van der Waals surface area contributed by atoms with Crippen molar-refractivity contribution in [2.75, 3.05) is 4.90 Å². The molecule has 0 bridgehead atoms. The van der Waals surface area contributed by atoms with Crippen LogP contribution in [-0.4, -0.2) is 4.57 Å². The number of nitrogens with zero attached hydrogens (tertiary/aromatic N) is 2. The van der Waals surface area contributed by atoms with Gasteiger partial charge in [0.15, 0.2) is 0 Å². The molecule has 9 aromatic carbocycles. The lowest BCUT2D eigenvalue weighted by Gasteiger charge is -2.26. The molecule has 53 heavy (non-hydrogen) atoms. The molecule has 0 aliphatic rings. The van der Waals surface area contributed by atoms with Gasteiger partial charge in [0.1, 0.15) is 0 Å². The van der Waals surface area contributed by atoms with Crippen molar-refractivity contribution in [2.45, 2.75) is 0 Å². The monoisotopic (exact) mass is 692 g/mol. The van der Waals surface area contributed by atoms with E-state index in [-0.39, 0.29) is 0 Å². The Morgan fingerprint density at radius 3 is 1.89 bits per heavy atom. The molecule has 0 aliphatic heterocycles. The van der Waals surface area contributed by atoms with Crippen molar-refractivity contribution in [1.82, 2.24) is 4.57 Å². The van der Waals surface area contributed by atoms with E-state index in [9.17, 15) is 0 Å². The number of benzene rings is 9. The van der Waals surface area contributed by atoms with Crippen molar-refractivity contribution < 1.29 is 0 Å². The van der Waals surface area contributed by atoms with Gasteiger partial charge >= 0.3 is 0 Å². The third-order valence-corrected chi connectivity index (χ3v) is 11.9. The second kappa shape index (κ2) is 11.9. The maximum atomic E-state index is 2.43. The molecule has 11 rings (SSSR count). The summed E-state index contributed by atoms with van der Waals surface area (Å²) in [4.78, 5) is 2.40. The summed E-state index contributed by atoms with van der Waals surface area (Å²) in [5.74, 6) is 0. The first-order valence-electron chi connectivity index (χ1n) is 18.1. The van der Waals surface area contributed by atoms with E-state index in [1.54, 1.807) is 0 Å². The Hall–Kier alpha value is -6.68. The van der Waals surface area contributed by atoms with Crippen molar-refractivity contribution in [2.24, 2.45) is 0 Å². The Labute approximate surface area is 311 Å². The van der Waals surface area contributed by atoms with Crippen molar-refractivity contribution in [1.29, 1.82) is 0 Å². The molecule has 0 N–H and O–H groups in total. The summed E-state index contributed by atoms with van der Waals surface area (Å²) in [5.41, 5.74) is 9.38. The summed E-state index contributed by atoms with van der Waals surface area (Å²) in [7, 11) is 0. The van der Waals surface area contributed by atoms with Crippen LogP contribution < -0.4 is 4.90 Å². The van der Waals surface area contributed by atoms with Gasteiger partial charge in [-0.1, -0.05) is 121 Å². The molecule has 11 aromatic rings. The Morgan fingerprint density at radius 1 is 0.358 bits per heavy atom. The van der Waals surface area contributed by atoms with Crippen LogP contribution in [0.4, 0.5) is 17.1 Å². The van der Waals surface area contributed by atoms with Crippen LogP contribution in [0.5, 0.6) is 0 Å². The normalized spacial score (nSPS) is 11.8. The van der Waals surface area contributed by atoms with Gasteiger partial charge in [-0.2, -0.15) is 0 Å². The molecule has 2 nitrogen and oxygen atoms in total. The molecule has 0 unspecified atom stereocenters. The maximum Gasteiger partial charge on any atom is 0.0547 e. The molecule has 2 heterocycles. The zero-order valence-electron chi connectivity index (χ0n) is 28.8. The minimum atomic E-state index is 1.12. The van der Waals surface area contributed by atoms with Crippen molar-refractivity contribution in [3.05, 3.63) is 194 Å². The number of hydrogen-bond donors (Lipinski definition) is 0. The van der Waals surface area contributed by atoms with Crippen LogP contribution in [0.25, 0.3) is 80.3 Å². The van der Waals surface area contributed by atoms with Crippen molar-refractivity contribution in [3.63, 3.8) is 0 Å². The van der Waals surface area contributed by atoms with E-state index >= 15 is 0 Å². The van der Waals surface area contributed by atoms with Crippen LogP contribution >= 0.6 is 11.3 Å². The highest BCUT2D eigenvalue weighted by Gasteiger charge is 2.18. The number of para-hydroxylation sites is 1. The van der Waals surface area contributed by atoms with E-state index < -0.39 is 0 Å². The molecule has 0 atom stereocenters. The number of thiophene rings is 1. The van der Waals surface area contributed by atoms with E-state index in [0.717, 1.165) is 22.7 Å². The molecule has 0 spiro atoms. The summed E-state index contributed by atoms with van der Waals surface area (Å²) < 4.78 is 5.05. The number of hydrogen-bond acceptors (Lipinski definition) is 2. The molecule has 0 saturated heterocycles. The van der Waals surface area contributed by atoms with Gasteiger partial charge in [0.05, 0.1) is 11.0 Å². The van der Waals surface area contributed by atoms with Gasteiger partial charge < -0.3 is 9.47 Å². The van der Waals surface area contributed by atoms with Gasteiger partial charge in [0, 0.05) is 53.7 Å². The lowest BCUT2D eigenvalue weighted by atomic mass is 10.0. The van der Waals surface area contributed by atoms with Gasteiger partial charge in [0.2, 0.25) is 0 Å². The molecule has 0 radical (unpaired) electrons. The van der Waals surface area contributed by atoms with Crippen LogP contribution in [0.2, 0.25) is 0 Å². The zero-order chi connectivity index (χ0) is 34.9. The largest absolute Gasteiger partial charge is 0.310 e. The lowest BCUT2D eigenvalue weighted by Crippen LogP contribution is -2.09. The van der Waals surface area contributed by atoms with E-state index in [1.165, 1.54) is 74.6 Å². The number of fused-ring (bicyclic) bond motifs is 9. The molecular formula is C50H32N2S. The maximum absolute atomic E-state index is 2.43. The highest BCUT2D eigenvalue weighted by atomic mass is 32.1. The van der Waals surface area contributed by atoms with Crippen LogP contribution in [-0.2, 0) is 0 Å². The van der Waals surface area contributed by atoms with E-state index in [0.29, 0.717) is 0 Å². The average Bonchev–Trinajstić information content (AvgIpc) is 3.77. The minimum absolute atomic E-state index is 1.12. The van der Waals surface area contributed by atoms with Gasteiger partial charge in [-0.3, -0.25) is 0 Å². The molecule has 0 amide bonds. The lowest BCUT2D eigenvalue weighted by molar-refractivity contribution is 1.19. The first-order chi connectivity index (χ1) is 26.3. The SMILES string of the molecule is c1ccc(-c2ccc(N(c3ccc4ccc(-n5c6ccccc6c6c7ccccc7ccc65)cc4c3)c3ccc4sc5ccccc5c4c3)cc2)cc1. The standard InChI is InChI=1S/C50H32N2S/c1-2-10-33(11-3-1)34-18-23-38(24-19-34)51(41-27-29-49-45(32-41)43-14-7-9-17-48(43)53-49)39-25-20-35-21-26-40(31-37(35)30-39)52-46-16-8-6-15-44(46)50-42-13-5-4-12-36(42)22-28-47(50)52/h1-32H. The Balaban J connectivity index is 1.10. The number of anilines is 3. The Kier molecular flexibility index (Phi) is 6.76. The first-order valence-corrected chi connectivity index (χ1v) is 18.9. The van der Waals surface area contributed by atoms with E-state index in [4.69, 9.17) is 0 Å². The fourth-order valence-corrected chi connectivity index (χ4v) is 9.34. The van der Waals surface area contributed by atoms with Gasteiger partial charge in [-0.25, -0.2) is 0 Å². The minimum Gasteiger partial charge on any atom is -0.310 e. The topological polar surface area (TPSA) is 8.17 Å². The summed E-state index contributed by atoms with van der Waals surface area (Å²) >= 11 is 1.86. The number of aromatic nitrogens is 1. The predicted molar refractivity (Wildman–Crippen MR) is 229 cm³/mol. The van der Waals surface area contributed by atoms with E-state index in [2.05, 4.69) is 204 Å². The summed E-state index contributed by atoms with van der Waals surface area (Å²) in [6.45, 7) is 0. The summed E-state index contributed by atoms with van der Waals surface area (Å²) in [6, 6.07) is 71.0. The average molecular weight is 693 g/mol. The molecular weight excluding hydrogens is 661 g/mol. The molecule has 0 aliphatic carbocycles. The molecule has 248 valence electrons. The third kappa shape index (κ3) is 4.86. The van der Waals surface area contributed by atoms with E-state index in [1.807, 2.05) is 11.3 Å². The third-order valence-electron chi connectivity index (χ3n) is 10.7. The molecule has 3 heteroatoms. The van der Waals surface area contributed by atoms with Crippen LogP contribution in [0.1, 0.15) is 0 Å². The highest BCUT2D eigenvalue weighted by Crippen LogP contribution is 2.42. The smallest absolute Gasteiger partial charge is 0.0547 e. The van der Waals surface area contributed by atoms with Gasteiger partial charge in [0.25, 0.3) is 0 Å². The number of rotatable bonds is 5. The van der Waals surface area contributed by atoms with Crippen LogP contribution in [0.3, 0.4) is 0 Å². The van der Waals surface area contributed by atoms with Crippen LogP contribution in [0, 0.1) is 0 Å².